The molecule has 0 aliphatic rings. The van der Waals surface area contributed by atoms with Crippen LogP contribution in [0.4, 0.5) is 0 Å². The van der Waals surface area contributed by atoms with Crippen LogP contribution in [-0.4, -0.2) is 30.8 Å². The maximum absolute atomic E-state index is 12.0. The van der Waals surface area contributed by atoms with Crippen molar-refractivity contribution >= 4 is 11.9 Å². The molecule has 5 heteroatoms. The van der Waals surface area contributed by atoms with Crippen LogP contribution < -0.4 is 0 Å². The van der Waals surface area contributed by atoms with E-state index in [9.17, 15) is 14.7 Å². The van der Waals surface area contributed by atoms with Gasteiger partial charge in [-0.2, -0.15) is 0 Å². The normalized spacial score (nSPS) is 14.3. The molecule has 0 saturated carbocycles. The molecular weight excluding hydrogens is 260 g/mol. The van der Waals surface area contributed by atoms with Crippen molar-refractivity contribution in [3.05, 3.63) is 47.5 Å². The molecule has 1 aromatic rings. The molecule has 0 bridgehead atoms. The largest absolute Gasteiger partial charge is 0.466 e. The van der Waals surface area contributed by atoms with Crippen LogP contribution in [0.1, 0.15) is 19.4 Å². The average molecular weight is 278 g/mol. The summed E-state index contributed by atoms with van der Waals surface area (Å²) in [7, 11) is 1.15. The minimum Gasteiger partial charge on any atom is -0.466 e. The van der Waals surface area contributed by atoms with Gasteiger partial charge >= 0.3 is 11.9 Å². The Hall–Kier alpha value is -2.14. The first-order chi connectivity index (χ1) is 9.52. The van der Waals surface area contributed by atoms with Crippen molar-refractivity contribution in [3.63, 3.8) is 0 Å². The number of ether oxygens (including phenoxy) is 2. The van der Waals surface area contributed by atoms with E-state index >= 15 is 0 Å². The molecule has 0 saturated heterocycles. The molecule has 0 fully saturated rings. The quantitative estimate of drug-likeness (QED) is 0.653. The van der Waals surface area contributed by atoms with E-state index in [0.29, 0.717) is 0 Å². The summed E-state index contributed by atoms with van der Waals surface area (Å²) in [5, 5.41) is 10.8. The molecule has 0 radical (unpaired) electrons. The lowest BCUT2D eigenvalue weighted by Gasteiger charge is -2.27. The van der Waals surface area contributed by atoms with Crippen molar-refractivity contribution in [1.82, 2.24) is 0 Å². The molecule has 0 spiro atoms. The van der Waals surface area contributed by atoms with E-state index < -0.39 is 17.5 Å². The zero-order valence-corrected chi connectivity index (χ0v) is 11.8. The molecular formula is C15H18O5. The Morgan fingerprint density at radius 1 is 1.30 bits per heavy atom. The smallest absolute Gasteiger partial charge is 0.347 e. The molecule has 0 amide bonds. The van der Waals surface area contributed by atoms with Gasteiger partial charge in [-0.25, -0.2) is 9.59 Å². The number of methoxy groups -OCH3 is 1. The molecule has 20 heavy (non-hydrogen) atoms. The molecule has 1 N–H and O–H groups in total. The molecule has 0 aliphatic carbocycles. The first-order valence-corrected chi connectivity index (χ1v) is 6.22. The van der Waals surface area contributed by atoms with Gasteiger partial charge in [-0.3, -0.25) is 0 Å². The molecule has 1 unspecified atom stereocenters. The number of carbonyl (C=O) groups is 2. The van der Waals surface area contributed by atoms with E-state index in [2.05, 4.69) is 4.74 Å². The van der Waals surface area contributed by atoms with Gasteiger partial charge in [0.25, 0.3) is 0 Å². The molecule has 108 valence electrons. The third-order valence-corrected chi connectivity index (χ3v) is 2.85. The molecule has 1 rings (SSSR count). The maximum Gasteiger partial charge on any atom is 0.347 e. The van der Waals surface area contributed by atoms with E-state index in [1.54, 1.807) is 44.2 Å². The highest BCUT2D eigenvalue weighted by Crippen LogP contribution is 2.31. The van der Waals surface area contributed by atoms with Crippen LogP contribution in [0.2, 0.25) is 0 Å². The van der Waals surface area contributed by atoms with Gasteiger partial charge in [-0.15, -0.1) is 0 Å². The van der Waals surface area contributed by atoms with Crippen LogP contribution in [0.5, 0.6) is 0 Å². The van der Waals surface area contributed by atoms with Crippen molar-refractivity contribution in [2.24, 2.45) is 0 Å². The molecule has 1 atom stereocenters. The SMILES string of the molecule is C/C=C(\C(=O)OCC)C(O)(C(=O)OC)c1ccccc1. The molecule has 0 heterocycles. The standard InChI is InChI=1S/C15H18O5/c1-4-12(13(16)20-5-2)15(18,14(17)19-3)11-9-7-6-8-10-11/h4,6-10,18H,5H2,1-3H3/b12-4+. The lowest BCUT2D eigenvalue weighted by molar-refractivity contribution is -0.163. The maximum atomic E-state index is 12.0. The van der Waals surface area contributed by atoms with E-state index in [1.165, 1.54) is 6.08 Å². The van der Waals surface area contributed by atoms with E-state index in [0.717, 1.165) is 7.11 Å². The molecule has 1 aromatic carbocycles. The van der Waals surface area contributed by atoms with Gasteiger partial charge in [0, 0.05) is 0 Å². The van der Waals surface area contributed by atoms with Gasteiger partial charge in [0.15, 0.2) is 0 Å². The highest BCUT2D eigenvalue weighted by Gasteiger charge is 2.46. The zero-order valence-electron chi connectivity index (χ0n) is 11.8. The second kappa shape index (κ2) is 6.86. The van der Waals surface area contributed by atoms with Gasteiger partial charge in [-0.05, 0) is 19.4 Å². The van der Waals surface area contributed by atoms with Crippen LogP contribution in [0, 0.1) is 0 Å². The Morgan fingerprint density at radius 2 is 1.90 bits per heavy atom. The van der Waals surface area contributed by atoms with Gasteiger partial charge in [0.2, 0.25) is 5.60 Å². The summed E-state index contributed by atoms with van der Waals surface area (Å²) in [6.45, 7) is 3.33. The van der Waals surface area contributed by atoms with Gasteiger partial charge in [0.1, 0.15) is 0 Å². The lowest BCUT2D eigenvalue weighted by atomic mass is 9.85. The molecule has 5 nitrogen and oxygen atoms in total. The Kier molecular flexibility index (Phi) is 5.46. The van der Waals surface area contributed by atoms with Crippen LogP contribution in [0.3, 0.4) is 0 Å². The van der Waals surface area contributed by atoms with Crippen molar-refractivity contribution in [2.45, 2.75) is 19.4 Å². The van der Waals surface area contributed by atoms with Crippen molar-refractivity contribution < 1.29 is 24.2 Å². The summed E-state index contributed by atoms with van der Waals surface area (Å²) in [5.41, 5.74) is -2.11. The summed E-state index contributed by atoms with van der Waals surface area (Å²) >= 11 is 0. The fourth-order valence-corrected chi connectivity index (χ4v) is 1.89. The summed E-state index contributed by atoms with van der Waals surface area (Å²) in [6.07, 6.45) is 1.35. The van der Waals surface area contributed by atoms with Crippen molar-refractivity contribution in [1.29, 1.82) is 0 Å². The van der Waals surface area contributed by atoms with Crippen LogP contribution >= 0.6 is 0 Å². The van der Waals surface area contributed by atoms with Gasteiger partial charge in [-0.1, -0.05) is 36.4 Å². The van der Waals surface area contributed by atoms with Crippen LogP contribution in [-0.2, 0) is 24.7 Å². The first kappa shape index (κ1) is 15.9. The molecule has 0 aromatic heterocycles. The Balaban J connectivity index is 3.39. The van der Waals surface area contributed by atoms with Gasteiger partial charge < -0.3 is 14.6 Å². The number of esters is 2. The predicted octanol–water partition coefficient (Wildman–Crippen LogP) is 1.56. The number of aliphatic hydroxyl groups is 1. The van der Waals surface area contributed by atoms with Crippen LogP contribution in [0.25, 0.3) is 0 Å². The second-order valence-corrected chi connectivity index (χ2v) is 3.99. The number of hydrogen-bond acceptors (Lipinski definition) is 5. The summed E-state index contributed by atoms with van der Waals surface area (Å²) in [5.74, 6) is -1.70. The summed E-state index contributed by atoms with van der Waals surface area (Å²) in [6, 6.07) is 8.13. The average Bonchev–Trinajstić information content (AvgIpc) is 2.48. The highest BCUT2D eigenvalue weighted by molar-refractivity contribution is 6.00. The number of hydrogen-bond donors (Lipinski definition) is 1. The second-order valence-electron chi connectivity index (χ2n) is 3.99. The fourth-order valence-electron chi connectivity index (χ4n) is 1.89. The number of allylic oxidation sites excluding steroid dienone is 1. The van der Waals surface area contributed by atoms with Crippen LogP contribution in [0.15, 0.2) is 42.0 Å². The Bertz CT molecular complexity index is 506. The minimum absolute atomic E-state index is 0.141. The first-order valence-electron chi connectivity index (χ1n) is 6.22. The Morgan fingerprint density at radius 3 is 2.35 bits per heavy atom. The third kappa shape index (κ3) is 2.88. The van der Waals surface area contributed by atoms with Gasteiger partial charge in [0.05, 0.1) is 19.3 Å². The predicted molar refractivity (Wildman–Crippen MR) is 72.7 cm³/mol. The summed E-state index contributed by atoms with van der Waals surface area (Å²) < 4.78 is 9.53. The number of rotatable bonds is 5. The van der Waals surface area contributed by atoms with Crippen molar-refractivity contribution in [2.75, 3.05) is 13.7 Å². The topological polar surface area (TPSA) is 72.8 Å². The highest BCUT2D eigenvalue weighted by atomic mass is 16.5. The molecule has 0 aliphatic heterocycles. The fraction of sp³-hybridized carbons (Fsp3) is 0.333. The zero-order chi connectivity index (χ0) is 15.2. The monoisotopic (exact) mass is 278 g/mol. The third-order valence-electron chi connectivity index (χ3n) is 2.85. The van der Waals surface area contributed by atoms with E-state index in [4.69, 9.17) is 4.74 Å². The number of benzene rings is 1. The van der Waals surface area contributed by atoms with E-state index in [1.807, 2.05) is 0 Å². The van der Waals surface area contributed by atoms with Crippen molar-refractivity contribution in [3.8, 4) is 0 Å². The minimum atomic E-state index is -2.18. The Labute approximate surface area is 117 Å². The number of carbonyl (C=O) groups excluding carboxylic acids is 2. The van der Waals surface area contributed by atoms with E-state index in [-0.39, 0.29) is 17.7 Å². The lowest BCUT2D eigenvalue weighted by Crippen LogP contribution is -2.42. The summed E-state index contributed by atoms with van der Waals surface area (Å²) in [4.78, 5) is 24.0.